The molecule has 0 spiro atoms. The molecule has 0 unspecified atom stereocenters. The van der Waals surface area contributed by atoms with Gasteiger partial charge in [-0.2, -0.15) is 0 Å². The zero-order valence-electron chi connectivity index (χ0n) is 32.0. The molecular formula is C55H35N3O. The summed E-state index contributed by atoms with van der Waals surface area (Å²) in [5, 5.41) is 4.42. The first-order valence-corrected chi connectivity index (χ1v) is 19.8. The topological polar surface area (TPSA) is 51.8 Å². The number of hydrogen-bond donors (Lipinski definition) is 0. The predicted molar refractivity (Wildman–Crippen MR) is 243 cm³/mol. The molecular weight excluding hydrogens is 719 g/mol. The van der Waals surface area contributed by atoms with Gasteiger partial charge in [-0.3, -0.25) is 0 Å². The summed E-state index contributed by atoms with van der Waals surface area (Å²) in [7, 11) is 0. The van der Waals surface area contributed by atoms with Gasteiger partial charge in [-0.05, 0) is 79.5 Å². The minimum atomic E-state index is 0.577. The van der Waals surface area contributed by atoms with Crippen LogP contribution in [0, 0.1) is 0 Å². The molecule has 2 aromatic heterocycles. The zero-order valence-corrected chi connectivity index (χ0v) is 32.0. The summed E-state index contributed by atoms with van der Waals surface area (Å²) < 4.78 is 6.59. The van der Waals surface area contributed by atoms with Crippen LogP contribution in [0.4, 0.5) is 0 Å². The molecule has 0 N–H and O–H groups in total. The fraction of sp³-hybridized carbons (Fsp3) is 0. The Bertz CT molecular complexity index is 3280. The fourth-order valence-corrected chi connectivity index (χ4v) is 8.17. The van der Waals surface area contributed by atoms with Crippen LogP contribution in [0.3, 0.4) is 0 Å². The third-order valence-corrected chi connectivity index (χ3v) is 11.2. The summed E-state index contributed by atoms with van der Waals surface area (Å²) in [5.41, 5.74) is 13.6. The van der Waals surface area contributed by atoms with Crippen LogP contribution in [0.2, 0.25) is 0 Å². The van der Waals surface area contributed by atoms with Gasteiger partial charge in [-0.1, -0.05) is 188 Å². The minimum absolute atomic E-state index is 0.577. The lowest BCUT2D eigenvalue weighted by Crippen LogP contribution is -2.00. The van der Waals surface area contributed by atoms with E-state index in [9.17, 15) is 0 Å². The van der Waals surface area contributed by atoms with E-state index in [4.69, 9.17) is 19.4 Å². The predicted octanol–water partition coefficient (Wildman–Crippen LogP) is 14.6. The Morgan fingerprint density at radius 2 is 0.729 bits per heavy atom. The number of aromatic nitrogens is 3. The van der Waals surface area contributed by atoms with Crippen LogP contribution in [0.1, 0.15) is 0 Å². The summed E-state index contributed by atoms with van der Waals surface area (Å²) in [6.07, 6.45) is 0. The molecule has 4 nitrogen and oxygen atoms in total. The van der Waals surface area contributed by atoms with E-state index in [0.717, 1.165) is 82.8 Å². The van der Waals surface area contributed by atoms with E-state index in [0.29, 0.717) is 17.5 Å². The van der Waals surface area contributed by atoms with Gasteiger partial charge in [-0.25, -0.2) is 15.0 Å². The quantitative estimate of drug-likeness (QED) is 0.163. The highest BCUT2D eigenvalue weighted by Gasteiger charge is 2.18. The Balaban J connectivity index is 1.03. The highest BCUT2D eigenvalue weighted by molar-refractivity contribution is 6.13. The van der Waals surface area contributed by atoms with Crippen molar-refractivity contribution in [1.29, 1.82) is 0 Å². The largest absolute Gasteiger partial charge is 0.456 e. The molecule has 0 atom stereocenters. The molecule has 0 saturated heterocycles. The minimum Gasteiger partial charge on any atom is -0.456 e. The number of nitrogens with zero attached hydrogens (tertiary/aromatic N) is 3. The fourth-order valence-electron chi connectivity index (χ4n) is 8.17. The second kappa shape index (κ2) is 14.5. The highest BCUT2D eigenvalue weighted by Crippen LogP contribution is 2.39. The number of furan rings is 1. The van der Waals surface area contributed by atoms with E-state index in [1.165, 1.54) is 11.1 Å². The Labute approximate surface area is 341 Å². The third kappa shape index (κ3) is 6.43. The molecule has 11 rings (SSSR count). The summed E-state index contributed by atoms with van der Waals surface area (Å²) in [6, 6.07) is 74.1. The average Bonchev–Trinajstić information content (AvgIpc) is 3.70. The standard InChI is InChI=1S/C55H35N3O/c1-4-12-36(13-5-1)38-22-26-42(27-23-38)47-20-11-21-50-52(47)48-33-32-45(35-51(48)59-50)55-57-53(43-29-24-39(25-30-43)37-14-6-2-7-15-37)56-54(58-55)44-31-28-41-18-10-19-46(49(41)34-44)40-16-8-3-9-17-40/h1-35H. The van der Waals surface area contributed by atoms with Gasteiger partial charge in [0.1, 0.15) is 11.2 Å². The number of hydrogen-bond acceptors (Lipinski definition) is 4. The van der Waals surface area contributed by atoms with Crippen molar-refractivity contribution in [1.82, 2.24) is 15.0 Å². The van der Waals surface area contributed by atoms with E-state index in [1.807, 2.05) is 24.3 Å². The van der Waals surface area contributed by atoms with Crippen LogP contribution >= 0.6 is 0 Å². The highest BCUT2D eigenvalue weighted by atomic mass is 16.3. The third-order valence-electron chi connectivity index (χ3n) is 11.2. The van der Waals surface area contributed by atoms with Crippen LogP contribution in [0.25, 0.3) is 111 Å². The van der Waals surface area contributed by atoms with E-state index >= 15 is 0 Å². The normalized spacial score (nSPS) is 11.4. The number of benzene rings is 9. The Morgan fingerprint density at radius 1 is 0.271 bits per heavy atom. The Morgan fingerprint density at radius 3 is 1.37 bits per heavy atom. The number of rotatable bonds is 7. The van der Waals surface area contributed by atoms with Gasteiger partial charge in [0.2, 0.25) is 0 Å². The van der Waals surface area contributed by atoms with Gasteiger partial charge >= 0.3 is 0 Å². The molecule has 276 valence electrons. The van der Waals surface area contributed by atoms with Crippen molar-refractivity contribution in [3.63, 3.8) is 0 Å². The maximum absolute atomic E-state index is 6.59. The van der Waals surface area contributed by atoms with Crippen LogP contribution in [-0.4, -0.2) is 15.0 Å². The molecule has 0 aliphatic rings. The summed E-state index contributed by atoms with van der Waals surface area (Å²) in [4.78, 5) is 15.4. The molecule has 11 aromatic rings. The SMILES string of the molecule is c1ccc(-c2ccc(-c3nc(-c4ccc5c(c4)oc4cccc(-c6ccc(-c7ccccc7)cc6)c45)nc(-c4ccc5cccc(-c6ccccc6)c5c4)n3)cc2)cc1. The molecule has 0 amide bonds. The van der Waals surface area contributed by atoms with E-state index < -0.39 is 0 Å². The van der Waals surface area contributed by atoms with Crippen LogP contribution in [0.5, 0.6) is 0 Å². The van der Waals surface area contributed by atoms with Crippen molar-refractivity contribution in [3.8, 4) is 78.7 Å². The first kappa shape index (κ1) is 34.3. The van der Waals surface area contributed by atoms with Gasteiger partial charge in [0.25, 0.3) is 0 Å². The molecule has 0 bridgehead atoms. The lowest BCUT2D eigenvalue weighted by Gasteiger charge is -2.11. The van der Waals surface area contributed by atoms with Crippen molar-refractivity contribution in [2.24, 2.45) is 0 Å². The van der Waals surface area contributed by atoms with E-state index in [1.54, 1.807) is 0 Å². The van der Waals surface area contributed by atoms with Gasteiger partial charge in [0.05, 0.1) is 0 Å². The van der Waals surface area contributed by atoms with Crippen molar-refractivity contribution in [2.45, 2.75) is 0 Å². The Hall–Kier alpha value is -7.95. The molecule has 4 heteroatoms. The molecule has 0 aliphatic heterocycles. The molecule has 0 saturated carbocycles. The molecule has 2 heterocycles. The van der Waals surface area contributed by atoms with E-state index in [-0.39, 0.29) is 0 Å². The molecule has 0 fully saturated rings. The lowest BCUT2D eigenvalue weighted by molar-refractivity contribution is 0.669. The molecule has 9 aromatic carbocycles. The second-order valence-corrected chi connectivity index (χ2v) is 14.8. The van der Waals surface area contributed by atoms with Gasteiger partial charge < -0.3 is 4.42 Å². The molecule has 59 heavy (non-hydrogen) atoms. The lowest BCUT2D eigenvalue weighted by atomic mass is 9.96. The van der Waals surface area contributed by atoms with Crippen molar-refractivity contribution in [2.75, 3.05) is 0 Å². The van der Waals surface area contributed by atoms with Crippen molar-refractivity contribution >= 4 is 32.7 Å². The summed E-state index contributed by atoms with van der Waals surface area (Å²) >= 11 is 0. The summed E-state index contributed by atoms with van der Waals surface area (Å²) in [5.74, 6) is 1.78. The Kier molecular flexibility index (Phi) is 8.45. The second-order valence-electron chi connectivity index (χ2n) is 14.8. The van der Waals surface area contributed by atoms with Gasteiger partial charge in [0, 0.05) is 27.5 Å². The maximum Gasteiger partial charge on any atom is 0.164 e. The first-order valence-electron chi connectivity index (χ1n) is 19.8. The van der Waals surface area contributed by atoms with E-state index in [2.05, 4.69) is 188 Å². The van der Waals surface area contributed by atoms with Crippen molar-refractivity contribution < 1.29 is 4.42 Å². The monoisotopic (exact) mass is 753 g/mol. The average molecular weight is 754 g/mol. The van der Waals surface area contributed by atoms with Crippen LogP contribution in [0.15, 0.2) is 217 Å². The summed E-state index contributed by atoms with van der Waals surface area (Å²) in [6.45, 7) is 0. The number of fused-ring (bicyclic) bond motifs is 4. The zero-order chi connectivity index (χ0) is 39.1. The molecule has 0 aliphatic carbocycles. The molecule has 0 radical (unpaired) electrons. The first-order chi connectivity index (χ1) is 29.2. The van der Waals surface area contributed by atoms with Gasteiger partial charge in [-0.15, -0.1) is 0 Å². The van der Waals surface area contributed by atoms with Crippen LogP contribution in [-0.2, 0) is 0 Å². The van der Waals surface area contributed by atoms with Gasteiger partial charge in [0.15, 0.2) is 17.5 Å². The smallest absolute Gasteiger partial charge is 0.164 e. The van der Waals surface area contributed by atoms with Crippen LogP contribution < -0.4 is 0 Å². The maximum atomic E-state index is 6.59. The van der Waals surface area contributed by atoms with Crippen molar-refractivity contribution in [3.05, 3.63) is 212 Å².